The zero-order valence-corrected chi connectivity index (χ0v) is 14.5. The Labute approximate surface area is 130 Å². The van der Waals surface area contributed by atoms with Crippen LogP contribution < -0.4 is 10.5 Å². The van der Waals surface area contributed by atoms with Gasteiger partial charge in [-0.25, -0.2) is 13.1 Å². The van der Waals surface area contributed by atoms with Crippen molar-refractivity contribution < 1.29 is 8.42 Å². The molecule has 1 aromatic rings. The van der Waals surface area contributed by atoms with Crippen LogP contribution in [-0.2, 0) is 10.0 Å². The van der Waals surface area contributed by atoms with Gasteiger partial charge in [-0.3, -0.25) is 0 Å². The van der Waals surface area contributed by atoms with Gasteiger partial charge < -0.3 is 5.73 Å². The topological polar surface area (TPSA) is 72.2 Å². The lowest BCUT2D eigenvalue weighted by molar-refractivity contribution is 0.260. The molecule has 3 N–H and O–H groups in total. The van der Waals surface area contributed by atoms with Crippen LogP contribution in [0, 0.1) is 5.92 Å². The zero-order chi connectivity index (χ0) is 14.2. The van der Waals surface area contributed by atoms with E-state index in [1.54, 1.807) is 12.1 Å². The summed E-state index contributed by atoms with van der Waals surface area (Å²) >= 11 is 6.53. The third kappa shape index (κ3) is 3.32. The lowest BCUT2D eigenvalue weighted by Gasteiger charge is -2.31. The van der Waals surface area contributed by atoms with Gasteiger partial charge >= 0.3 is 0 Å². The van der Waals surface area contributed by atoms with E-state index in [2.05, 4.69) is 36.6 Å². The predicted molar refractivity (Wildman–Crippen MR) is 83.4 cm³/mol. The molecule has 2 rings (SSSR count). The van der Waals surface area contributed by atoms with Crippen LogP contribution >= 0.6 is 31.9 Å². The molecule has 1 unspecified atom stereocenters. The van der Waals surface area contributed by atoms with Crippen molar-refractivity contribution in [3.63, 3.8) is 0 Å². The van der Waals surface area contributed by atoms with Crippen molar-refractivity contribution >= 4 is 47.6 Å². The Kier molecular flexibility index (Phi) is 4.59. The molecular weight excluding hydrogens is 396 g/mol. The Morgan fingerprint density at radius 3 is 2.26 bits per heavy atom. The van der Waals surface area contributed by atoms with Crippen LogP contribution in [-0.4, -0.2) is 14.5 Å². The van der Waals surface area contributed by atoms with E-state index < -0.39 is 10.0 Å². The number of hydrogen-bond acceptors (Lipinski definition) is 3. The van der Waals surface area contributed by atoms with Gasteiger partial charge in [-0.05, 0) is 69.7 Å². The van der Waals surface area contributed by atoms with Crippen molar-refractivity contribution in [3.05, 3.63) is 21.1 Å². The maximum absolute atomic E-state index is 12.4. The molecular formula is C12H16Br2N2O2S. The van der Waals surface area contributed by atoms with Crippen LogP contribution in [0.25, 0.3) is 0 Å². The maximum atomic E-state index is 12.4. The quantitative estimate of drug-likeness (QED) is 0.746. The highest BCUT2D eigenvalue weighted by atomic mass is 79.9. The lowest BCUT2D eigenvalue weighted by Crippen LogP contribution is -2.40. The second kappa shape index (κ2) is 5.71. The molecule has 0 radical (unpaired) electrons. The van der Waals surface area contributed by atoms with Gasteiger partial charge in [0.1, 0.15) is 4.90 Å². The second-order valence-corrected chi connectivity index (χ2v) is 8.27. The van der Waals surface area contributed by atoms with Crippen LogP contribution in [0.1, 0.15) is 26.2 Å². The lowest BCUT2D eigenvalue weighted by atomic mass is 9.81. The SMILES string of the molecule is CC(NS(=O)(=O)c1c(Br)cc(N)cc1Br)C1CCC1. The summed E-state index contributed by atoms with van der Waals surface area (Å²) in [6.45, 7) is 1.92. The summed E-state index contributed by atoms with van der Waals surface area (Å²) in [5.41, 5.74) is 6.18. The first-order valence-corrected chi connectivity index (χ1v) is 9.15. The molecule has 1 aromatic carbocycles. The summed E-state index contributed by atoms with van der Waals surface area (Å²) < 4.78 is 28.5. The Hall–Kier alpha value is -0.110. The number of nitrogens with two attached hydrogens (primary N) is 1. The van der Waals surface area contributed by atoms with Crippen molar-refractivity contribution in [2.24, 2.45) is 5.92 Å². The van der Waals surface area contributed by atoms with E-state index in [0.717, 1.165) is 12.8 Å². The fourth-order valence-electron chi connectivity index (χ4n) is 2.18. The Morgan fingerprint density at radius 1 is 1.32 bits per heavy atom. The van der Waals surface area contributed by atoms with E-state index in [-0.39, 0.29) is 10.9 Å². The van der Waals surface area contributed by atoms with Crippen molar-refractivity contribution in [3.8, 4) is 0 Å². The highest BCUT2D eigenvalue weighted by Crippen LogP contribution is 2.34. The van der Waals surface area contributed by atoms with E-state index in [9.17, 15) is 8.42 Å². The fourth-order valence-corrected chi connectivity index (χ4v) is 6.11. The summed E-state index contributed by atoms with van der Waals surface area (Å²) in [6, 6.07) is 3.14. The maximum Gasteiger partial charge on any atom is 0.243 e. The normalized spacial score (nSPS) is 18.1. The van der Waals surface area contributed by atoms with Gasteiger partial charge in [0.2, 0.25) is 10.0 Å². The van der Waals surface area contributed by atoms with Gasteiger partial charge in [0.05, 0.1) is 0 Å². The number of halogens is 2. The summed E-state index contributed by atoms with van der Waals surface area (Å²) in [5, 5.41) is 0. The van der Waals surface area contributed by atoms with Crippen LogP contribution in [0.15, 0.2) is 26.0 Å². The summed E-state index contributed by atoms with van der Waals surface area (Å²) in [6.07, 6.45) is 3.37. The highest BCUT2D eigenvalue weighted by molar-refractivity contribution is 9.11. The Morgan fingerprint density at radius 2 is 1.84 bits per heavy atom. The molecule has 0 amide bonds. The summed E-state index contributed by atoms with van der Waals surface area (Å²) in [4.78, 5) is 0.202. The van der Waals surface area contributed by atoms with Crippen molar-refractivity contribution in [2.45, 2.75) is 37.1 Å². The standard InChI is InChI=1S/C12H16Br2N2O2S/c1-7(8-3-2-4-8)16-19(17,18)12-10(13)5-9(15)6-11(12)14/h5-8,16H,2-4,15H2,1H3. The molecule has 1 aliphatic carbocycles. The molecule has 106 valence electrons. The highest BCUT2D eigenvalue weighted by Gasteiger charge is 2.29. The third-order valence-corrected chi connectivity index (χ3v) is 6.92. The van der Waals surface area contributed by atoms with Gasteiger partial charge in [-0.15, -0.1) is 0 Å². The third-order valence-electron chi connectivity index (χ3n) is 3.49. The Bertz CT molecular complexity index is 562. The van der Waals surface area contributed by atoms with E-state index in [1.165, 1.54) is 6.42 Å². The van der Waals surface area contributed by atoms with Crippen LogP contribution in [0.2, 0.25) is 0 Å². The van der Waals surface area contributed by atoms with Crippen molar-refractivity contribution in [1.29, 1.82) is 0 Å². The number of benzene rings is 1. The number of anilines is 1. The number of sulfonamides is 1. The van der Waals surface area contributed by atoms with E-state index in [4.69, 9.17) is 5.73 Å². The minimum absolute atomic E-state index is 0.0462. The van der Waals surface area contributed by atoms with Crippen LogP contribution in [0.4, 0.5) is 5.69 Å². The molecule has 1 saturated carbocycles. The zero-order valence-electron chi connectivity index (χ0n) is 10.5. The number of rotatable bonds is 4. The molecule has 0 aromatic heterocycles. The minimum Gasteiger partial charge on any atom is -0.399 e. The van der Waals surface area contributed by atoms with Crippen LogP contribution in [0.5, 0.6) is 0 Å². The van der Waals surface area contributed by atoms with Gasteiger partial charge in [0.25, 0.3) is 0 Å². The van der Waals surface area contributed by atoms with Gasteiger partial charge in [0, 0.05) is 20.7 Å². The van der Waals surface area contributed by atoms with Gasteiger partial charge in [-0.1, -0.05) is 6.42 Å². The second-order valence-electron chi connectivity index (χ2n) is 4.91. The molecule has 0 saturated heterocycles. The molecule has 1 atom stereocenters. The first-order valence-electron chi connectivity index (χ1n) is 6.08. The molecule has 1 fully saturated rings. The molecule has 0 bridgehead atoms. The molecule has 19 heavy (non-hydrogen) atoms. The molecule has 0 heterocycles. The van der Waals surface area contributed by atoms with Crippen LogP contribution in [0.3, 0.4) is 0 Å². The average Bonchev–Trinajstić information content (AvgIpc) is 2.09. The number of hydrogen-bond donors (Lipinski definition) is 2. The molecule has 7 heteroatoms. The molecule has 1 aliphatic rings. The number of nitrogens with one attached hydrogen (secondary N) is 1. The number of nitrogen functional groups attached to an aromatic ring is 1. The first kappa shape index (κ1) is 15.3. The van der Waals surface area contributed by atoms with E-state index >= 15 is 0 Å². The van der Waals surface area contributed by atoms with E-state index in [0.29, 0.717) is 20.6 Å². The van der Waals surface area contributed by atoms with Crippen molar-refractivity contribution in [1.82, 2.24) is 4.72 Å². The van der Waals surface area contributed by atoms with Gasteiger partial charge in [-0.2, -0.15) is 0 Å². The van der Waals surface area contributed by atoms with Crippen molar-refractivity contribution in [2.75, 3.05) is 5.73 Å². The molecule has 0 spiro atoms. The minimum atomic E-state index is -3.56. The largest absolute Gasteiger partial charge is 0.399 e. The smallest absolute Gasteiger partial charge is 0.243 e. The van der Waals surface area contributed by atoms with E-state index in [1.807, 2.05) is 6.92 Å². The Balaban J connectivity index is 2.29. The first-order chi connectivity index (χ1) is 8.81. The summed E-state index contributed by atoms with van der Waals surface area (Å²) in [5.74, 6) is 0.445. The molecule has 0 aliphatic heterocycles. The average molecular weight is 412 g/mol. The fraction of sp³-hybridized carbons (Fsp3) is 0.500. The predicted octanol–water partition coefficient (Wildman–Crippen LogP) is 3.26. The monoisotopic (exact) mass is 410 g/mol. The summed E-state index contributed by atoms with van der Waals surface area (Å²) in [7, 11) is -3.56. The molecule has 4 nitrogen and oxygen atoms in total. The van der Waals surface area contributed by atoms with Gasteiger partial charge in [0.15, 0.2) is 0 Å².